The number of anilines is 2. The Morgan fingerprint density at radius 3 is 2.08 bits per heavy atom. The fourth-order valence-electron chi connectivity index (χ4n) is 4.03. The van der Waals surface area contributed by atoms with Crippen LogP contribution >= 0.6 is 0 Å². The molecule has 1 atom stereocenters. The highest BCUT2D eigenvalue weighted by molar-refractivity contribution is 5.98. The molecule has 37 heavy (non-hydrogen) atoms. The fraction of sp³-hybridized carbons (Fsp3) is 0.300. The lowest BCUT2D eigenvalue weighted by Crippen LogP contribution is -2.32. The van der Waals surface area contributed by atoms with E-state index in [9.17, 15) is 14.4 Å². The second kappa shape index (κ2) is 13.8. The summed E-state index contributed by atoms with van der Waals surface area (Å²) in [5, 5.41) is 8.91. The summed E-state index contributed by atoms with van der Waals surface area (Å²) in [5.74, 6) is -0.475. The van der Waals surface area contributed by atoms with Crippen molar-refractivity contribution in [3.05, 3.63) is 95.6 Å². The van der Waals surface area contributed by atoms with E-state index in [0.29, 0.717) is 35.6 Å². The van der Waals surface area contributed by atoms with E-state index in [1.165, 1.54) is 0 Å². The minimum absolute atomic E-state index is 0.0153. The van der Waals surface area contributed by atoms with Gasteiger partial charge in [0, 0.05) is 35.6 Å². The van der Waals surface area contributed by atoms with Crippen LogP contribution in [0, 0.1) is 0 Å². The Kier molecular flexibility index (Phi) is 10.3. The van der Waals surface area contributed by atoms with E-state index in [1.807, 2.05) is 56.0 Å². The minimum atomic E-state index is -0.254. The molecule has 0 aliphatic heterocycles. The van der Waals surface area contributed by atoms with Crippen molar-refractivity contribution in [3.63, 3.8) is 0 Å². The highest BCUT2D eigenvalue weighted by Gasteiger charge is 2.15. The molecular weight excluding hydrogens is 464 g/mol. The van der Waals surface area contributed by atoms with Crippen molar-refractivity contribution in [1.29, 1.82) is 0 Å². The molecule has 7 nitrogen and oxygen atoms in total. The first kappa shape index (κ1) is 27.5. The molecule has 194 valence electrons. The molecule has 0 fully saturated rings. The molecule has 0 radical (unpaired) electrons. The summed E-state index contributed by atoms with van der Waals surface area (Å²) in [4.78, 5) is 40.0. The van der Waals surface area contributed by atoms with Gasteiger partial charge in [0.15, 0.2) is 0 Å². The van der Waals surface area contributed by atoms with Crippen molar-refractivity contribution in [3.8, 4) is 0 Å². The number of hydrogen-bond acceptors (Lipinski definition) is 4. The summed E-state index contributed by atoms with van der Waals surface area (Å²) in [6.45, 7) is 7.46. The maximum Gasteiger partial charge on any atom is 0.253 e. The van der Waals surface area contributed by atoms with E-state index >= 15 is 0 Å². The number of carbonyl (C=O) groups excluding carboxylic acids is 3. The Balaban J connectivity index is 1.56. The van der Waals surface area contributed by atoms with Crippen molar-refractivity contribution in [2.75, 3.05) is 30.3 Å². The highest BCUT2D eigenvalue weighted by Crippen LogP contribution is 2.16. The van der Waals surface area contributed by atoms with Crippen LogP contribution in [-0.4, -0.2) is 42.3 Å². The molecule has 0 aliphatic rings. The average molecular weight is 501 g/mol. The fourth-order valence-corrected chi connectivity index (χ4v) is 4.03. The van der Waals surface area contributed by atoms with Crippen LogP contribution < -0.4 is 16.0 Å². The number of nitrogens with zero attached hydrogens (tertiary/aromatic N) is 1. The van der Waals surface area contributed by atoms with Crippen molar-refractivity contribution >= 4 is 29.1 Å². The Labute approximate surface area is 219 Å². The zero-order chi connectivity index (χ0) is 26.6. The van der Waals surface area contributed by atoms with Crippen molar-refractivity contribution in [2.45, 2.75) is 39.7 Å². The Hall–Kier alpha value is -4.13. The van der Waals surface area contributed by atoms with Crippen LogP contribution in [-0.2, 0) is 4.79 Å². The van der Waals surface area contributed by atoms with Crippen LogP contribution in [0.5, 0.6) is 0 Å². The second-order valence-electron chi connectivity index (χ2n) is 8.96. The SMILES string of the molecule is CCCN(CCC)C(=O)c1cccc(NC(=O)CNc2cccc(C(=O)NC(C)c3ccccc3)c2)c1. The molecule has 0 bridgehead atoms. The molecule has 3 rings (SSSR count). The van der Waals surface area contributed by atoms with Crippen LogP contribution in [0.3, 0.4) is 0 Å². The maximum atomic E-state index is 12.9. The van der Waals surface area contributed by atoms with Gasteiger partial charge in [-0.05, 0) is 61.7 Å². The largest absolute Gasteiger partial charge is 0.376 e. The van der Waals surface area contributed by atoms with Crippen molar-refractivity contribution < 1.29 is 14.4 Å². The minimum Gasteiger partial charge on any atom is -0.376 e. The molecule has 3 amide bonds. The molecule has 3 aromatic carbocycles. The summed E-state index contributed by atoms with van der Waals surface area (Å²) < 4.78 is 0. The van der Waals surface area contributed by atoms with Gasteiger partial charge in [-0.1, -0.05) is 56.3 Å². The molecule has 3 N–H and O–H groups in total. The van der Waals surface area contributed by atoms with Crippen molar-refractivity contribution in [1.82, 2.24) is 10.2 Å². The van der Waals surface area contributed by atoms with Gasteiger partial charge in [-0.3, -0.25) is 14.4 Å². The number of nitrogens with one attached hydrogen (secondary N) is 3. The molecule has 3 aromatic rings. The van der Waals surface area contributed by atoms with E-state index in [0.717, 1.165) is 18.4 Å². The first-order valence-corrected chi connectivity index (χ1v) is 12.8. The molecule has 0 aliphatic carbocycles. The van der Waals surface area contributed by atoms with Gasteiger partial charge in [0.1, 0.15) is 0 Å². The highest BCUT2D eigenvalue weighted by atomic mass is 16.2. The average Bonchev–Trinajstić information content (AvgIpc) is 2.92. The number of benzene rings is 3. The van der Waals surface area contributed by atoms with Gasteiger partial charge >= 0.3 is 0 Å². The van der Waals surface area contributed by atoms with Gasteiger partial charge in [-0.25, -0.2) is 0 Å². The molecular formula is C30H36N4O3. The Bertz CT molecular complexity index is 1190. The topological polar surface area (TPSA) is 90.5 Å². The standard InChI is InChI=1S/C30H36N4O3/c1-4-17-34(18-5-2)30(37)25-14-10-16-27(20-25)33-28(35)21-31-26-15-9-13-24(19-26)29(36)32-22(3)23-11-7-6-8-12-23/h6-16,19-20,22,31H,4-5,17-18,21H2,1-3H3,(H,32,36)(H,33,35). The lowest BCUT2D eigenvalue weighted by molar-refractivity contribution is -0.114. The van der Waals surface area contributed by atoms with E-state index in [4.69, 9.17) is 0 Å². The summed E-state index contributed by atoms with van der Waals surface area (Å²) in [6.07, 6.45) is 1.78. The molecule has 1 unspecified atom stereocenters. The van der Waals surface area contributed by atoms with Crippen LogP contribution in [0.4, 0.5) is 11.4 Å². The lowest BCUT2D eigenvalue weighted by atomic mass is 10.1. The van der Waals surface area contributed by atoms with Crippen LogP contribution in [0.15, 0.2) is 78.9 Å². The van der Waals surface area contributed by atoms with Gasteiger partial charge in [-0.2, -0.15) is 0 Å². The van der Waals surface area contributed by atoms with Gasteiger partial charge in [-0.15, -0.1) is 0 Å². The lowest BCUT2D eigenvalue weighted by Gasteiger charge is -2.21. The summed E-state index contributed by atoms with van der Waals surface area (Å²) in [5.41, 5.74) is 3.30. The van der Waals surface area contributed by atoms with E-state index in [1.54, 1.807) is 48.5 Å². The third-order valence-electron chi connectivity index (χ3n) is 5.89. The third kappa shape index (κ3) is 8.20. The monoisotopic (exact) mass is 500 g/mol. The van der Waals surface area contributed by atoms with Crippen molar-refractivity contribution in [2.24, 2.45) is 0 Å². The van der Waals surface area contributed by atoms with Crippen LogP contribution in [0.2, 0.25) is 0 Å². The molecule has 0 heterocycles. The third-order valence-corrected chi connectivity index (χ3v) is 5.89. The smallest absolute Gasteiger partial charge is 0.253 e. The molecule has 7 heteroatoms. The zero-order valence-corrected chi connectivity index (χ0v) is 21.8. The predicted octanol–water partition coefficient (Wildman–Crippen LogP) is 5.49. The molecule has 0 spiro atoms. The second-order valence-corrected chi connectivity index (χ2v) is 8.96. The number of rotatable bonds is 12. The van der Waals surface area contributed by atoms with E-state index in [2.05, 4.69) is 16.0 Å². The summed E-state index contributed by atoms with van der Waals surface area (Å²) in [6, 6.07) is 23.7. The summed E-state index contributed by atoms with van der Waals surface area (Å²) in [7, 11) is 0. The predicted molar refractivity (Wildman–Crippen MR) is 149 cm³/mol. The van der Waals surface area contributed by atoms with Gasteiger partial charge < -0.3 is 20.9 Å². The van der Waals surface area contributed by atoms with Crippen LogP contribution in [0.25, 0.3) is 0 Å². The number of hydrogen-bond donors (Lipinski definition) is 3. The first-order chi connectivity index (χ1) is 17.9. The Morgan fingerprint density at radius 1 is 0.784 bits per heavy atom. The van der Waals surface area contributed by atoms with Crippen LogP contribution in [0.1, 0.15) is 65.9 Å². The summed E-state index contributed by atoms with van der Waals surface area (Å²) >= 11 is 0. The van der Waals surface area contributed by atoms with E-state index in [-0.39, 0.29) is 30.3 Å². The zero-order valence-electron chi connectivity index (χ0n) is 21.8. The Morgan fingerprint density at radius 2 is 1.41 bits per heavy atom. The molecule has 0 saturated heterocycles. The van der Waals surface area contributed by atoms with Gasteiger partial charge in [0.2, 0.25) is 5.91 Å². The van der Waals surface area contributed by atoms with Gasteiger partial charge in [0.05, 0.1) is 12.6 Å². The quantitative estimate of drug-likeness (QED) is 0.307. The number of amides is 3. The molecule has 0 saturated carbocycles. The molecule has 0 aromatic heterocycles. The van der Waals surface area contributed by atoms with Gasteiger partial charge in [0.25, 0.3) is 11.8 Å². The maximum absolute atomic E-state index is 12.9. The van der Waals surface area contributed by atoms with E-state index < -0.39 is 0 Å². The number of carbonyl (C=O) groups is 3. The first-order valence-electron chi connectivity index (χ1n) is 12.8. The normalized spacial score (nSPS) is 11.3.